The van der Waals surface area contributed by atoms with Crippen LogP contribution in [0.2, 0.25) is 5.02 Å². The van der Waals surface area contributed by atoms with E-state index in [1.54, 1.807) is 18.2 Å². The fourth-order valence-corrected chi connectivity index (χ4v) is 2.92. The third-order valence-electron chi connectivity index (χ3n) is 2.61. The van der Waals surface area contributed by atoms with Crippen molar-refractivity contribution in [3.8, 4) is 11.5 Å². The minimum atomic E-state index is -4.04. The summed E-state index contributed by atoms with van der Waals surface area (Å²) in [7, 11) is -2.72. The van der Waals surface area contributed by atoms with E-state index in [1.165, 1.54) is 31.4 Å². The summed E-state index contributed by atoms with van der Waals surface area (Å²) in [4.78, 5) is 10.8. The van der Waals surface area contributed by atoms with Gasteiger partial charge in [0.15, 0.2) is 5.75 Å². The molecule has 0 fully saturated rings. The lowest BCUT2D eigenvalue weighted by molar-refractivity contribution is 0.112. The minimum absolute atomic E-state index is 0.0115. The first-order valence-corrected chi connectivity index (χ1v) is 7.59. The average molecular weight is 327 g/mol. The topological polar surface area (TPSA) is 69.7 Å². The van der Waals surface area contributed by atoms with E-state index in [9.17, 15) is 13.2 Å². The first-order chi connectivity index (χ1) is 9.97. The lowest BCUT2D eigenvalue weighted by atomic mass is 10.2. The first kappa shape index (κ1) is 15.3. The Morgan fingerprint density at radius 3 is 2.38 bits per heavy atom. The Hall–Kier alpha value is -2.05. The number of hydrogen-bond donors (Lipinski definition) is 0. The van der Waals surface area contributed by atoms with E-state index in [1.807, 2.05) is 0 Å². The molecule has 2 aromatic carbocycles. The van der Waals surface area contributed by atoms with E-state index in [0.29, 0.717) is 6.29 Å². The van der Waals surface area contributed by atoms with Gasteiger partial charge in [-0.05, 0) is 24.3 Å². The van der Waals surface area contributed by atoms with Crippen molar-refractivity contribution < 1.29 is 22.1 Å². The largest absolute Gasteiger partial charge is 0.493 e. The number of methoxy groups -OCH3 is 1. The van der Waals surface area contributed by atoms with E-state index >= 15 is 0 Å². The first-order valence-electron chi connectivity index (χ1n) is 5.80. The fourth-order valence-electron chi connectivity index (χ4n) is 1.63. The lowest BCUT2D eigenvalue weighted by Gasteiger charge is -2.12. The molecule has 110 valence electrons. The van der Waals surface area contributed by atoms with Gasteiger partial charge in [-0.3, -0.25) is 4.79 Å². The summed E-state index contributed by atoms with van der Waals surface area (Å²) in [6.45, 7) is 0. The normalized spacial score (nSPS) is 11.0. The van der Waals surface area contributed by atoms with Gasteiger partial charge in [-0.2, -0.15) is 8.42 Å². The monoisotopic (exact) mass is 326 g/mol. The zero-order chi connectivity index (χ0) is 15.5. The van der Waals surface area contributed by atoms with Crippen LogP contribution >= 0.6 is 11.6 Å². The number of ether oxygens (including phenoxy) is 1. The van der Waals surface area contributed by atoms with E-state index in [4.69, 9.17) is 20.5 Å². The maximum Gasteiger partial charge on any atom is 0.339 e. The van der Waals surface area contributed by atoms with Crippen LogP contribution < -0.4 is 8.92 Å². The summed E-state index contributed by atoms with van der Waals surface area (Å²) in [5.74, 6) is -0.0993. The zero-order valence-electron chi connectivity index (χ0n) is 10.9. The van der Waals surface area contributed by atoms with E-state index < -0.39 is 10.1 Å². The molecule has 2 rings (SSSR count). The number of benzene rings is 2. The Morgan fingerprint density at radius 2 is 1.81 bits per heavy atom. The highest BCUT2D eigenvalue weighted by Crippen LogP contribution is 2.37. The van der Waals surface area contributed by atoms with Gasteiger partial charge < -0.3 is 8.92 Å². The molecule has 0 aromatic heterocycles. The Labute approximate surface area is 127 Å². The molecule has 0 saturated heterocycles. The van der Waals surface area contributed by atoms with Crippen LogP contribution in [0, 0.1) is 0 Å². The lowest BCUT2D eigenvalue weighted by Crippen LogP contribution is -2.10. The summed E-state index contributed by atoms with van der Waals surface area (Å²) in [5, 5.41) is -0.0315. The summed E-state index contributed by atoms with van der Waals surface area (Å²) < 4.78 is 34.4. The van der Waals surface area contributed by atoms with Crippen molar-refractivity contribution in [2.75, 3.05) is 7.11 Å². The molecule has 0 heterocycles. The van der Waals surface area contributed by atoms with Gasteiger partial charge in [0.25, 0.3) is 0 Å². The third kappa shape index (κ3) is 3.34. The predicted molar refractivity (Wildman–Crippen MR) is 77.6 cm³/mol. The Balaban J connectivity index is 2.47. The molecule has 0 aliphatic carbocycles. The predicted octanol–water partition coefficient (Wildman–Crippen LogP) is 2.93. The van der Waals surface area contributed by atoms with Crippen molar-refractivity contribution >= 4 is 28.0 Å². The number of aldehydes is 1. The number of rotatable bonds is 5. The summed E-state index contributed by atoms with van der Waals surface area (Å²) in [5.41, 5.74) is 0.251. The summed E-state index contributed by atoms with van der Waals surface area (Å²) in [6, 6.07) is 10.3. The molecule has 0 atom stereocenters. The number of carbonyl (C=O) groups excluding carboxylic acids is 1. The van der Waals surface area contributed by atoms with Crippen LogP contribution in [-0.2, 0) is 10.1 Å². The van der Waals surface area contributed by atoms with Crippen molar-refractivity contribution in [3.05, 3.63) is 53.1 Å². The van der Waals surface area contributed by atoms with Crippen LogP contribution in [0.4, 0.5) is 0 Å². The standard InChI is InChI=1S/C14H11ClO5S/c1-19-13-8-10(9-16)7-12(15)14(13)20-21(17,18)11-5-3-2-4-6-11/h2-9H,1H3. The second kappa shape index (κ2) is 6.15. The van der Waals surface area contributed by atoms with Gasteiger partial charge in [-0.15, -0.1) is 0 Å². The van der Waals surface area contributed by atoms with Gasteiger partial charge in [-0.25, -0.2) is 0 Å². The SMILES string of the molecule is COc1cc(C=O)cc(Cl)c1OS(=O)(=O)c1ccccc1. The van der Waals surface area contributed by atoms with Crippen LogP contribution in [0.1, 0.15) is 10.4 Å². The highest BCUT2D eigenvalue weighted by molar-refractivity contribution is 7.87. The maximum atomic E-state index is 12.2. The van der Waals surface area contributed by atoms with Gasteiger partial charge in [0.2, 0.25) is 5.75 Å². The van der Waals surface area contributed by atoms with Crippen LogP contribution in [0.3, 0.4) is 0 Å². The summed E-state index contributed by atoms with van der Waals surface area (Å²) >= 11 is 5.96. The molecule has 0 aliphatic heterocycles. The van der Waals surface area contributed by atoms with Crippen molar-refractivity contribution in [1.82, 2.24) is 0 Å². The number of hydrogen-bond acceptors (Lipinski definition) is 5. The highest BCUT2D eigenvalue weighted by atomic mass is 35.5. The molecular weight excluding hydrogens is 316 g/mol. The van der Waals surface area contributed by atoms with E-state index in [-0.39, 0.29) is 27.0 Å². The van der Waals surface area contributed by atoms with Gasteiger partial charge in [0, 0.05) is 5.56 Å². The molecule has 0 spiro atoms. The zero-order valence-corrected chi connectivity index (χ0v) is 12.5. The van der Waals surface area contributed by atoms with Crippen LogP contribution in [0.5, 0.6) is 11.5 Å². The third-order valence-corrected chi connectivity index (χ3v) is 4.13. The molecule has 2 aromatic rings. The molecule has 0 amide bonds. The van der Waals surface area contributed by atoms with E-state index in [0.717, 1.165) is 0 Å². The second-order valence-corrected chi connectivity index (χ2v) is 5.96. The Kier molecular flexibility index (Phi) is 4.50. The quantitative estimate of drug-likeness (QED) is 0.624. The molecule has 21 heavy (non-hydrogen) atoms. The Bertz CT molecular complexity index is 756. The maximum absolute atomic E-state index is 12.2. The van der Waals surface area contributed by atoms with Crippen molar-refractivity contribution in [2.24, 2.45) is 0 Å². The minimum Gasteiger partial charge on any atom is -0.493 e. The van der Waals surface area contributed by atoms with Crippen LogP contribution in [0.15, 0.2) is 47.4 Å². The second-order valence-electron chi connectivity index (χ2n) is 4.00. The summed E-state index contributed by atoms with van der Waals surface area (Å²) in [6.07, 6.45) is 0.573. The van der Waals surface area contributed by atoms with Crippen molar-refractivity contribution in [1.29, 1.82) is 0 Å². The highest BCUT2D eigenvalue weighted by Gasteiger charge is 2.21. The van der Waals surface area contributed by atoms with Gasteiger partial charge >= 0.3 is 10.1 Å². The number of carbonyl (C=O) groups is 1. The molecule has 0 unspecified atom stereocenters. The molecule has 5 nitrogen and oxygen atoms in total. The molecule has 0 radical (unpaired) electrons. The van der Waals surface area contributed by atoms with Gasteiger partial charge in [-0.1, -0.05) is 29.8 Å². The van der Waals surface area contributed by atoms with Crippen molar-refractivity contribution in [2.45, 2.75) is 4.90 Å². The van der Waals surface area contributed by atoms with Crippen LogP contribution in [0.25, 0.3) is 0 Å². The molecule has 0 N–H and O–H groups in total. The molecule has 0 bridgehead atoms. The fraction of sp³-hybridized carbons (Fsp3) is 0.0714. The molecule has 0 aliphatic rings. The average Bonchev–Trinajstić information content (AvgIpc) is 2.49. The van der Waals surface area contributed by atoms with Crippen LogP contribution in [-0.4, -0.2) is 21.8 Å². The van der Waals surface area contributed by atoms with Crippen molar-refractivity contribution in [3.63, 3.8) is 0 Å². The number of halogens is 1. The smallest absolute Gasteiger partial charge is 0.339 e. The molecule has 0 saturated carbocycles. The molecular formula is C14H11ClO5S. The Morgan fingerprint density at radius 1 is 1.14 bits per heavy atom. The van der Waals surface area contributed by atoms with Gasteiger partial charge in [0.05, 0.1) is 12.1 Å². The van der Waals surface area contributed by atoms with E-state index in [2.05, 4.69) is 0 Å². The molecule has 7 heteroatoms. The van der Waals surface area contributed by atoms with Gasteiger partial charge in [0.1, 0.15) is 11.2 Å².